The zero-order valence-corrected chi connectivity index (χ0v) is 32.2. The Morgan fingerprint density at radius 1 is 0.787 bits per heavy atom. The van der Waals surface area contributed by atoms with Crippen LogP contribution in [0.1, 0.15) is 99.1 Å². The molecule has 5 heteroatoms. The Bertz CT molecular complexity index is 1890. The molecule has 1 N–H and O–H groups in total. The number of benzene rings is 3. The van der Waals surface area contributed by atoms with Crippen molar-refractivity contribution >= 4 is 38.2 Å². The summed E-state index contributed by atoms with van der Waals surface area (Å²) in [6.07, 6.45) is 8.62. The second-order valence-electron chi connectivity index (χ2n) is 14.2. The zero-order valence-electron chi connectivity index (χ0n) is 29.8. The summed E-state index contributed by atoms with van der Waals surface area (Å²) in [5.41, 5.74) is 4.93. The SMILES string of the molecule is CCC(C)(CC)C(=O)/C=C(\O)C(C)(CC)CC.Cc1cccc2c1ncc1c(-c3[c-]c4ccccc4c(C(C)(C)C)c3)nccc12.[Ir]. The molecule has 2 heterocycles. The minimum Gasteiger partial charge on any atom is -0.512 e. The zero-order chi connectivity index (χ0) is 33.9. The molecule has 0 spiro atoms. The molecule has 0 bridgehead atoms. The Kier molecular flexibility index (Phi) is 12.3. The average molecular weight is 808 g/mol. The molecule has 0 fully saturated rings. The summed E-state index contributed by atoms with van der Waals surface area (Å²) in [5.74, 6) is 0.286. The number of allylic oxidation sites excluding steroid dienone is 2. The third-order valence-corrected chi connectivity index (χ3v) is 10.3. The normalized spacial score (nSPS) is 12.5. The first kappa shape index (κ1) is 38.1. The van der Waals surface area contributed by atoms with Crippen molar-refractivity contribution in [1.82, 2.24) is 9.97 Å². The van der Waals surface area contributed by atoms with Crippen molar-refractivity contribution < 1.29 is 30.0 Å². The van der Waals surface area contributed by atoms with Gasteiger partial charge in [-0.05, 0) is 60.4 Å². The molecule has 0 aliphatic rings. The maximum absolute atomic E-state index is 12.2. The van der Waals surface area contributed by atoms with Gasteiger partial charge >= 0.3 is 0 Å². The predicted molar refractivity (Wildman–Crippen MR) is 195 cm³/mol. The van der Waals surface area contributed by atoms with Crippen molar-refractivity contribution in [2.45, 2.75) is 100 Å². The number of ketones is 1. The van der Waals surface area contributed by atoms with Gasteiger partial charge in [0.1, 0.15) is 5.76 Å². The number of carbonyl (C=O) groups is 1. The molecule has 47 heavy (non-hydrogen) atoms. The monoisotopic (exact) mass is 808 g/mol. The largest absolute Gasteiger partial charge is 0.512 e. The van der Waals surface area contributed by atoms with Gasteiger partial charge in [0.25, 0.3) is 0 Å². The molecule has 0 atom stereocenters. The standard InChI is InChI=1S/C27H23N2.C15H28O2.Ir/c1-17-8-7-11-22-21-12-13-28-26(23(21)16-29-25(17)22)19-14-18-9-5-6-10-20(18)24(15-19)27(2,3)4;1-7-14(5,8-2)12(16)11-13(17)15(6,9-3)10-4;/h5-13,15-16H,1-4H3;11,16H,7-10H2,1-6H3;/q-1;;/b;12-11-;. The van der Waals surface area contributed by atoms with E-state index in [9.17, 15) is 9.90 Å². The van der Waals surface area contributed by atoms with Crippen molar-refractivity contribution in [3.05, 3.63) is 96.0 Å². The molecule has 0 aliphatic carbocycles. The fourth-order valence-corrected chi connectivity index (χ4v) is 5.89. The van der Waals surface area contributed by atoms with Crippen LogP contribution < -0.4 is 0 Å². The van der Waals surface area contributed by atoms with Crippen LogP contribution in [0.15, 0.2) is 78.8 Å². The number of hydrogen-bond acceptors (Lipinski definition) is 4. The topological polar surface area (TPSA) is 63.1 Å². The quantitative estimate of drug-likeness (QED) is 0.0734. The third-order valence-electron chi connectivity index (χ3n) is 10.3. The van der Waals surface area contributed by atoms with E-state index in [1.54, 1.807) is 0 Å². The van der Waals surface area contributed by atoms with Gasteiger partial charge in [0.05, 0.1) is 5.52 Å². The molecule has 4 nitrogen and oxygen atoms in total. The van der Waals surface area contributed by atoms with Crippen LogP contribution in [0.3, 0.4) is 0 Å². The molecular weight excluding hydrogens is 757 g/mol. The van der Waals surface area contributed by atoms with Gasteiger partial charge in [0, 0.05) is 60.5 Å². The van der Waals surface area contributed by atoms with Gasteiger partial charge in [-0.1, -0.05) is 110 Å². The fraction of sp³-hybridized carbons (Fsp3) is 0.405. The van der Waals surface area contributed by atoms with Crippen LogP contribution in [-0.2, 0) is 30.3 Å². The van der Waals surface area contributed by atoms with Crippen molar-refractivity contribution in [3.8, 4) is 11.3 Å². The van der Waals surface area contributed by atoms with E-state index in [1.807, 2.05) is 53.9 Å². The second-order valence-corrected chi connectivity index (χ2v) is 14.2. The molecule has 5 rings (SSSR count). The van der Waals surface area contributed by atoms with Gasteiger partial charge in [0.2, 0.25) is 0 Å². The number of carbonyl (C=O) groups excluding carboxylic acids is 1. The molecule has 0 unspecified atom stereocenters. The average Bonchev–Trinajstić information content (AvgIpc) is 3.06. The summed E-state index contributed by atoms with van der Waals surface area (Å²) in [4.78, 5) is 21.7. The van der Waals surface area contributed by atoms with Crippen LogP contribution in [0.25, 0.3) is 43.7 Å². The number of aromatic nitrogens is 2. The van der Waals surface area contributed by atoms with Crippen LogP contribution in [0, 0.1) is 23.8 Å². The Hall–Kier alpha value is -3.40. The third kappa shape index (κ3) is 7.85. The van der Waals surface area contributed by atoms with Crippen LogP contribution in [0.2, 0.25) is 0 Å². The molecule has 0 saturated carbocycles. The molecule has 2 aromatic heterocycles. The van der Waals surface area contributed by atoms with Gasteiger partial charge in [0.15, 0.2) is 5.78 Å². The number of nitrogens with zero attached hydrogens (tertiary/aromatic N) is 2. The van der Waals surface area contributed by atoms with Gasteiger partial charge in [-0.2, -0.15) is 0 Å². The first-order valence-electron chi connectivity index (χ1n) is 16.8. The minimum absolute atomic E-state index is 0. The molecule has 251 valence electrons. The summed E-state index contributed by atoms with van der Waals surface area (Å²) in [7, 11) is 0. The van der Waals surface area contributed by atoms with Gasteiger partial charge in [-0.3, -0.25) is 14.8 Å². The van der Waals surface area contributed by atoms with E-state index in [1.165, 1.54) is 33.4 Å². The molecule has 0 saturated heterocycles. The Morgan fingerprint density at radius 3 is 2.02 bits per heavy atom. The Balaban J connectivity index is 0.000000290. The summed E-state index contributed by atoms with van der Waals surface area (Å²) < 4.78 is 0. The van der Waals surface area contributed by atoms with Crippen LogP contribution in [0.5, 0.6) is 0 Å². The van der Waals surface area contributed by atoms with Crippen molar-refractivity contribution in [1.29, 1.82) is 0 Å². The number of aliphatic hydroxyl groups excluding tert-OH is 1. The molecule has 1 radical (unpaired) electrons. The van der Waals surface area contributed by atoms with Gasteiger partial charge in [-0.25, -0.2) is 0 Å². The minimum atomic E-state index is -0.337. The predicted octanol–water partition coefficient (Wildman–Crippen LogP) is 11.7. The number of aryl methyl sites for hydroxylation is 1. The van der Waals surface area contributed by atoms with E-state index in [2.05, 4.69) is 88.4 Å². The number of para-hydroxylation sites is 1. The molecule has 5 aromatic rings. The van der Waals surface area contributed by atoms with Gasteiger partial charge < -0.3 is 5.11 Å². The summed E-state index contributed by atoms with van der Waals surface area (Å²) in [6, 6.07) is 22.8. The number of aliphatic hydroxyl groups is 1. The van der Waals surface area contributed by atoms with E-state index >= 15 is 0 Å². The van der Waals surface area contributed by atoms with Crippen LogP contribution in [-0.4, -0.2) is 20.9 Å². The number of rotatable bonds is 8. The maximum atomic E-state index is 12.2. The number of pyridine rings is 2. The van der Waals surface area contributed by atoms with Crippen LogP contribution >= 0.6 is 0 Å². The fourth-order valence-electron chi connectivity index (χ4n) is 5.89. The number of hydrogen-bond donors (Lipinski definition) is 1. The first-order chi connectivity index (χ1) is 21.7. The van der Waals surface area contributed by atoms with E-state index in [0.717, 1.165) is 53.2 Å². The Labute approximate surface area is 295 Å². The van der Waals surface area contributed by atoms with Crippen LogP contribution in [0.4, 0.5) is 0 Å². The van der Waals surface area contributed by atoms with E-state index in [4.69, 9.17) is 9.97 Å². The molecule has 3 aromatic carbocycles. The van der Waals surface area contributed by atoms with E-state index < -0.39 is 0 Å². The Morgan fingerprint density at radius 2 is 1.40 bits per heavy atom. The van der Waals surface area contributed by atoms with E-state index in [0.29, 0.717) is 0 Å². The molecule has 0 aliphatic heterocycles. The van der Waals surface area contributed by atoms with Crippen molar-refractivity contribution in [2.75, 3.05) is 0 Å². The summed E-state index contributed by atoms with van der Waals surface area (Å²) >= 11 is 0. The summed E-state index contributed by atoms with van der Waals surface area (Å²) in [6.45, 7) is 21.0. The molecular formula is C42H51IrN2O2-. The summed E-state index contributed by atoms with van der Waals surface area (Å²) in [5, 5.41) is 15.9. The second kappa shape index (κ2) is 15.2. The number of fused-ring (bicyclic) bond motifs is 4. The van der Waals surface area contributed by atoms with Crippen molar-refractivity contribution in [2.24, 2.45) is 10.8 Å². The maximum Gasteiger partial charge on any atom is 0.164 e. The van der Waals surface area contributed by atoms with E-state index in [-0.39, 0.29) is 47.9 Å². The first-order valence-corrected chi connectivity index (χ1v) is 16.8. The van der Waals surface area contributed by atoms with Gasteiger partial charge in [-0.15, -0.1) is 29.1 Å². The smallest absolute Gasteiger partial charge is 0.164 e. The molecule has 0 amide bonds. The van der Waals surface area contributed by atoms with Crippen molar-refractivity contribution in [3.63, 3.8) is 0 Å².